The third kappa shape index (κ3) is 69.3. The van der Waals surface area contributed by atoms with Gasteiger partial charge in [0.2, 0.25) is 5.91 Å². The van der Waals surface area contributed by atoms with Gasteiger partial charge >= 0.3 is 5.97 Å². The maximum Gasteiger partial charge on any atom is 0.305 e. The summed E-state index contributed by atoms with van der Waals surface area (Å²) in [5.74, 6) is -0.0148. The van der Waals surface area contributed by atoms with Crippen LogP contribution in [0.15, 0.2) is 24.3 Å². The van der Waals surface area contributed by atoms with Crippen LogP contribution in [-0.2, 0) is 14.3 Å². The third-order valence-corrected chi connectivity index (χ3v) is 18.0. The fourth-order valence-electron chi connectivity index (χ4n) is 12.2. The minimum absolute atomic E-state index is 0.0120. The molecular formula is C77H149NO5. The number of rotatable bonds is 72. The molecule has 492 valence electrons. The summed E-state index contributed by atoms with van der Waals surface area (Å²) in [6.07, 6.45) is 92.5. The lowest BCUT2D eigenvalue weighted by Gasteiger charge is -2.22. The van der Waals surface area contributed by atoms with Gasteiger partial charge in [-0.3, -0.25) is 9.59 Å². The molecule has 0 aromatic rings. The lowest BCUT2D eigenvalue weighted by atomic mass is 10.0. The smallest absolute Gasteiger partial charge is 0.305 e. The van der Waals surface area contributed by atoms with E-state index < -0.39 is 12.1 Å². The van der Waals surface area contributed by atoms with Gasteiger partial charge in [0, 0.05) is 12.8 Å². The molecule has 6 heteroatoms. The molecule has 0 aliphatic heterocycles. The zero-order valence-electron chi connectivity index (χ0n) is 56.5. The van der Waals surface area contributed by atoms with E-state index in [1.165, 1.54) is 347 Å². The monoisotopic (exact) mass is 1170 g/mol. The van der Waals surface area contributed by atoms with Crippen LogP contribution in [0.25, 0.3) is 0 Å². The molecule has 1 amide bonds. The van der Waals surface area contributed by atoms with Crippen molar-refractivity contribution in [2.24, 2.45) is 0 Å². The molecule has 2 atom stereocenters. The molecule has 6 nitrogen and oxygen atoms in total. The first-order valence-corrected chi connectivity index (χ1v) is 38.1. The van der Waals surface area contributed by atoms with E-state index in [0.29, 0.717) is 25.9 Å². The summed E-state index contributed by atoms with van der Waals surface area (Å²) < 4.78 is 5.50. The Bertz CT molecular complexity index is 1300. The summed E-state index contributed by atoms with van der Waals surface area (Å²) >= 11 is 0. The highest BCUT2D eigenvalue weighted by atomic mass is 16.5. The zero-order valence-corrected chi connectivity index (χ0v) is 56.5. The predicted octanol–water partition coefficient (Wildman–Crippen LogP) is 24.9. The van der Waals surface area contributed by atoms with E-state index in [-0.39, 0.29) is 18.5 Å². The highest BCUT2D eigenvalue weighted by molar-refractivity contribution is 5.76. The Balaban J connectivity index is 3.34. The summed E-state index contributed by atoms with van der Waals surface area (Å²) in [5.41, 5.74) is 0. The van der Waals surface area contributed by atoms with Crippen LogP contribution in [-0.4, -0.2) is 47.4 Å². The molecule has 0 bridgehead atoms. The summed E-state index contributed by atoms with van der Waals surface area (Å²) in [4.78, 5) is 24.7. The van der Waals surface area contributed by atoms with Crippen LogP contribution in [0.2, 0.25) is 0 Å². The number of amides is 1. The van der Waals surface area contributed by atoms with E-state index >= 15 is 0 Å². The van der Waals surface area contributed by atoms with Gasteiger partial charge in [0.1, 0.15) is 0 Å². The minimum atomic E-state index is -0.663. The van der Waals surface area contributed by atoms with E-state index in [1.54, 1.807) is 0 Å². The lowest BCUT2D eigenvalue weighted by Crippen LogP contribution is -2.45. The number of unbranched alkanes of at least 4 members (excludes halogenated alkanes) is 57. The van der Waals surface area contributed by atoms with Crippen molar-refractivity contribution in [2.45, 2.75) is 443 Å². The Kier molecular flexibility index (Phi) is 71.4. The van der Waals surface area contributed by atoms with Crippen LogP contribution < -0.4 is 5.32 Å². The summed E-state index contributed by atoms with van der Waals surface area (Å²) in [6.45, 7) is 4.97. The lowest BCUT2D eigenvalue weighted by molar-refractivity contribution is -0.143. The van der Waals surface area contributed by atoms with Crippen molar-refractivity contribution in [3.63, 3.8) is 0 Å². The Morgan fingerprint density at radius 2 is 0.602 bits per heavy atom. The molecule has 0 spiro atoms. The van der Waals surface area contributed by atoms with Crippen molar-refractivity contribution in [1.82, 2.24) is 5.32 Å². The van der Waals surface area contributed by atoms with Crippen LogP contribution >= 0.6 is 0 Å². The maximum absolute atomic E-state index is 12.6. The largest absolute Gasteiger partial charge is 0.466 e. The standard InChI is InChI=1S/C77H149NO5/c1-3-5-7-9-11-13-15-17-19-21-22-31-34-38-41-45-49-53-57-61-65-69-75(80)74(73-79)78-76(81)70-66-62-58-54-50-46-42-39-35-32-29-27-25-23-24-26-28-30-33-36-40-44-48-52-56-60-64-68-72-83-77(82)71-67-63-59-55-51-47-43-37-20-18-16-14-12-10-8-6-4-2/h12,14,18,20,74-75,79-80H,3-11,13,15-17,19,21-73H2,1-2H3,(H,78,81)/b14-12-,20-18-. The molecule has 3 N–H and O–H groups in total. The van der Waals surface area contributed by atoms with Gasteiger partial charge in [-0.25, -0.2) is 0 Å². The van der Waals surface area contributed by atoms with Gasteiger partial charge in [0.15, 0.2) is 0 Å². The van der Waals surface area contributed by atoms with Gasteiger partial charge in [-0.15, -0.1) is 0 Å². The SMILES string of the molecule is CCCCC/C=C\C/C=C\CCCCCCCCCC(=O)OCCCCCCCCCCCCCCCCCCCCCCCCCCCCCCC(=O)NC(CO)C(O)CCCCCCCCCCCCCCCCCCCCCCC. The number of ether oxygens (including phenoxy) is 1. The molecule has 0 aliphatic rings. The highest BCUT2D eigenvalue weighted by Gasteiger charge is 2.20. The molecule has 2 unspecified atom stereocenters. The van der Waals surface area contributed by atoms with Crippen LogP contribution in [0.3, 0.4) is 0 Å². The second-order valence-corrected chi connectivity index (χ2v) is 26.3. The second-order valence-electron chi connectivity index (χ2n) is 26.3. The molecule has 0 rings (SSSR count). The average molecular weight is 1170 g/mol. The molecule has 0 aromatic carbocycles. The number of carbonyl (C=O) groups excluding carboxylic acids is 2. The van der Waals surface area contributed by atoms with Crippen molar-refractivity contribution >= 4 is 11.9 Å². The van der Waals surface area contributed by atoms with E-state index in [2.05, 4.69) is 43.5 Å². The molecule has 0 heterocycles. The van der Waals surface area contributed by atoms with E-state index in [1.807, 2.05) is 0 Å². The number of carbonyl (C=O) groups is 2. The molecule has 0 fully saturated rings. The molecule has 0 saturated carbocycles. The molecule has 83 heavy (non-hydrogen) atoms. The first-order valence-electron chi connectivity index (χ1n) is 38.1. The number of hydrogen-bond donors (Lipinski definition) is 3. The van der Waals surface area contributed by atoms with Crippen LogP contribution in [0.5, 0.6) is 0 Å². The maximum atomic E-state index is 12.6. The van der Waals surface area contributed by atoms with Gasteiger partial charge in [-0.1, -0.05) is 385 Å². The molecule has 0 aliphatic carbocycles. The molecule has 0 radical (unpaired) electrons. The Labute approximate surface area is 520 Å². The van der Waals surface area contributed by atoms with Crippen LogP contribution in [0, 0.1) is 0 Å². The van der Waals surface area contributed by atoms with E-state index in [9.17, 15) is 19.8 Å². The number of aliphatic hydroxyl groups is 2. The third-order valence-electron chi connectivity index (χ3n) is 18.0. The molecule has 0 aromatic heterocycles. The van der Waals surface area contributed by atoms with Gasteiger partial charge in [0.25, 0.3) is 0 Å². The average Bonchev–Trinajstić information content (AvgIpc) is 3.49. The number of aliphatic hydroxyl groups excluding tert-OH is 2. The fraction of sp³-hybridized carbons (Fsp3) is 0.922. The van der Waals surface area contributed by atoms with Gasteiger partial charge in [-0.05, 0) is 57.8 Å². The van der Waals surface area contributed by atoms with Crippen molar-refractivity contribution in [2.75, 3.05) is 13.2 Å². The minimum Gasteiger partial charge on any atom is -0.466 e. The Morgan fingerprint density at radius 3 is 0.940 bits per heavy atom. The Hall–Kier alpha value is -1.66. The van der Waals surface area contributed by atoms with Crippen LogP contribution in [0.4, 0.5) is 0 Å². The normalized spacial score (nSPS) is 12.6. The van der Waals surface area contributed by atoms with Crippen molar-refractivity contribution in [1.29, 1.82) is 0 Å². The van der Waals surface area contributed by atoms with Gasteiger partial charge < -0.3 is 20.3 Å². The van der Waals surface area contributed by atoms with Crippen molar-refractivity contribution in [3.05, 3.63) is 24.3 Å². The highest BCUT2D eigenvalue weighted by Crippen LogP contribution is 2.20. The zero-order chi connectivity index (χ0) is 59.9. The molecular weight excluding hydrogens is 1020 g/mol. The van der Waals surface area contributed by atoms with Crippen molar-refractivity contribution < 1.29 is 24.5 Å². The first kappa shape index (κ1) is 81.3. The summed E-state index contributed by atoms with van der Waals surface area (Å²) in [6, 6.07) is -0.540. The fourth-order valence-corrected chi connectivity index (χ4v) is 12.2. The van der Waals surface area contributed by atoms with Crippen molar-refractivity contribution in [3.8, 4) is 0 Å². The topological polar surface area (TPSA) is 95.9 Å². The Morgan fingerprint density at radius 1 is 0.337 bits per heavy atom. The van der Waals surface area contributed by atoms with Crippen LogP contribution in [0.1, 0.15) is 431 Å². The molecule has 0 saturated heterocycles. The second kappa shape index (κ2) is 72.8. The summed E-state index contributed by atoms with van der Waals surface area (Å²) in [7, 11) is 0. The van der Waals surface area contributed by atoms with Gasteiger partial charge in [0.05, 0.1) is 25.4 Å². The number of allylic oxidation sites excluding steroid dienone is 4. The number of hydrogen-bond acceptors (Lipinski definition) is 5. The first-order chi connectivity index (χ1) is 41.0. The van der Waals surface area contributed by atoms with E-state index in [0.717, 1.165) is 51.4 Å². The number of esters is 1. The number of nitrogens with one attached hydrogen (secondary N) is 1. The quantitative estimate of drug-likeness (QED) is 0.0320. The van der Waals surface area contributed by atoms with Gasteiger partial charge in [-0.2, -0.15) is 0 Å². The predicted molar refractivity (Wildman–Crippen MR) is 366 cm³/mol. The summed E-state index contributed by atoms with van der Waals surface area (Å²) in [5, 5.41) is 23.4. The van der Waals surface area contributed by atoms with E-state index in [4.69, 9.17) is 4.74 Å².